The van der Waals surface area contributed by atoms with Gasteiger partial charge in [0, 0.05) is 32.8 Å². The highest BCUT2D eigenvalue weighted by Gasteiger charge is 2.29. The molecule has 2 aromatic rings. The monoisotopic (exact) mass is 433 g/mol. The third kappa shape index (κ3) is 5.26. The molecule has 32 heavy (non-hydrogen) atoms. The Balaban J connectivity index is 1.52. The summed E-state index contributed by atoms with van der Waals surface area (Å²) >= 11 is 0. The normalized spacial score (nSPS) is 19.3. The third-order valence-corrected chi connectivity index (χ3v) is 6.21. The summed E-state index contributed by atoms with van der Waals surface area (Å²) in [6.45, 7) is 7.48. The lowest BCUT2D eigenvalue weighted by atomic mass is 9.93. The molecule has 1 N–H and O–H groups in total. The molecule has 0 saturated carbocycles. The van der Waals surface area contributed by atoms with Crippen LogP contribution in [-0.4, -0.2) is 54.5 Å². The molecule has 4 rings (SSSR count). The Bertz CT molecular complexity index is 980. The maximum absolute atomic E-state index is 13.3. The molecule has 0 aromatic heterocycles. The van der Waals surface area contributed by atoms with E-state index in [4.69, 9.17) is 4.74 Å². The molecule has 2 atom stereocenters. The molecule has 2 amide bonds. The molecule has 1 fully saturated rings. The van der Waals surface area contributed by atoms with Crippen LogP contribution in [0.1, 0.15) is 47.7 Å². The molecule has 0 radical (unpaired) electrons. The van der Waals surface area contributed by atoms with Crippen LogP contribution in [0, 0.1) is 6.92 Å². The van der Waals surface area contributed by atoms with Crippen molar-refractivity contribution < 1.29 is 14.3 Å². The molecule has 6 heteroatoms. The molecule has 2 heterocycles. The van der Waals surface area contributed by atoms with Gasteiger partial charge in [0.05, 0.1) is 31.7 Å². The molecule has 0 spiro atoms. The summed E-state index contributed by atoms with van der Waals surface area (Å²) in [5, 5.41) is 3.25. The number of nitrogens with zero attached hydrogens (tertiary/aromatic N) is 2. The van der Waals surface area contributed by atoms with Crippen molar-refractivity contribution in [3.05, 3.63) is 77.0 Å². The zero-order chi connectivity index (χ0) is 22.5. The fourth-order valence-electron chi connectivity index (χ4n) is 4.42. The Morgan fingerprint density at radius 1 is 1.09 bits per heavy atom. The minimum Gasteiger partial charge on any atom is -0.379 e. The molecule has 2 aromatic carbocycles. The number of morpholine rings is 1. The predicted molar refractivity (Wildman–Crippen MR) is 125 cm³/mol. The van der Waals surface area contributed by atoms with E-state index < -0.39 is 0 Å². The lowest BCUT2D eigenvalue weighted by Crippen LogP contribution is -2.44. The van der Waals surface area contributed by atoms with Crippen molar-refractivity contribution in [1.82, 2.24) is 15.1 Å². The van der Waals surface area contributed by atoms with Crippen LogP contribution in [0.3, 0.4) is 0 Å². The summed E-state index contributed by atoms with van der Waals surface area (Å²) < 4.78 is 5.48. The molecule has 0 aliphatic carbocycles. The van der Waals surface area contributed by atoms with E-state index in [1.165, 1.54) is 12.5 Å². The number of nitrogens with one attached hydrogen (secondary N) is 1. The lowest BCUT2D eigenvalue weighted by Gasteiger charge is -2.34. The fourth-order valence-corrected chi connectivity index (χ4v) is 4.42. The Kier molecular flexibility index (Phi) is 7.02. The Morgan fingerprint density at radius 3 is 2.53 bits per heavy atom. The highest BCUT2D eigenvalue weighted by atomic mass is 16.5. The fraction of sp³-hybridized carbons (Fsp3) is 0.385. The van der Waals surface area contributed by atoms with Gasteiger partial charge in [-0.2, -0.15) is 0 Å². The highest BCUT2D eigenvalue weighted by molar-refractivity contribution is 5.82. The van der Waals surface area contributed by atoms with Crippen LogP contribution >= 0.6 is 0 Å². The number of carbonyl (C=O) groups is 2. The van der Waals surface area contributed by atoms with E-state index in [-0.39, 0.29) is 30.3 Å². The molecular formula is C26H31N3O3. The Labute approximate surface area is 189 Å². The van der Waals surface area contributed by atoms with E-state index in [0.29, 0.717) is 13.2 Å². The van der Waals surface area contributed by atoms with Crippen molar-refractivity contribution in [1.29, 1.82) is 0 Å². The van der Waals surface area contributed by atoms with E-state index in [1.54, 1.807) is 11.1 Å². The van der Waals surface area contributed by atoms with E-state index in [9.17, 15) is 9.59 Å². The van der Waals surface area contributed by atoms with Gasteiger partial charge in [0.25, 0.3) is 0 Å². The molecule has 2 unspecified atom stereocenters. The van der Waals surface area contributed by atoms with Gasteiger partial charge >= 0.3 is 0 Å². The first-order valence-corrected chi connectivity index (χ1v) is 11.2. The van der Waals surface area contributed by atoms with E-state index in [1.807, 2.05) is 30.3 Å². The molecule has 6 nitrogen and oxygen atoms in total. The van der Waals surface area contributed by atoms with Crippen molar-refractivity contribution in [2.75, 3.05) is 32.8 Å². The quantitative estimate of drug-likeness (QED) is 0.758. The zero-order valence-corrected chi connectivity index (χ0v) is 18.8. The van der Waals surface area contributed by atoms with Gasteiger partial charge in [0.1, 0.15) is 0 Å². The Morgan fingerprint density at radius 2 is 1.81 bits per heavy atom. The lowest BCUT2D eigenvalue weighted by molar-refractivity contribution is -0.130. The summed E-state index contributed by atoms with van der Waals surface area (Å²) in [6.07, 6.45) is 3.93. The summed E-state index contributed by atoms with van der Waals surface area (Å²) in [4.78, 5) is 29.5. The number of hydrogen-bond donors (Lipinski definition) is 1. The second-order valence-electron chi connectivity index (χ2n) is 8.53. The van der Waals surface area contributed by atoms with E-state index >= 15 is 0 Å². The average molecular weight is 434 g/mol. The first-order valence-electron chi connectivity index (χ1n) is 11.2. The van der Waals surface area contributed by atoms with E-state index in [2.05, 4.69) is 41.4 Å². The van der Waals surface area contributed by atoms with Gasteiger partial charge < -0.3 is 15.0 Å². The highest BCUT2D eigenvalue weighted by Crippen LogP contribution is 2.33. The first-order chi connectivity index (χ1) is 15.5. The van der Waals surface area contributed by atoms with E-state index in [0.717, 1.165) is 36.3 Å². The van der Waals surface area contributed by atoms with Gasteiger partial charge in [-0.15, -0.1) is 0 Å². The summed E-state index contributed by atoms with van der Waals surface area (Å²) in [5.74, 6) is -0.137. The molecular weight excluding hydrogens is 402 g/mol. The Hall–Kier alpha value is -2.96. The SMILES string of the molecule is CC(=O)N1C=Cc2ccccc2C1CC(=O)NC(CN1CCOCC1)c1ccc(C)cc1. The van der Waals surface area contributed by atoms with Crippen LogP contribution in [0.25, 0.3) is 6.08 Å². The summed E-state index contributed by atoms with van der Waals surface area (Å²) in [6, 6.07) is 15.8. The van der Waals surface area contributed by atoms with Gasteiger partial charge in [0.2, 0.25) is 11.8 Å². The zero-order valence-electron chi connectivity index (χ0n) is 18.8. The molecule has 2 aliphatic heterocycles. The minimum absolute atomic E-state index is 0.0646. The summed E-state index contributed by atoms with van der Waals surface area (Å²) in [5.41, 5.74) is 4.32. The molecule has 0 bridgehead atoms. The third-order valence-electron chi connectivity index (χ3n) is 6.21. The van der Waals surface area contributed by atoms with Crippen LogP contribution in [0.15, 0.2) is 54.7 Å². The van der Waals surface area contributed by atoms with Gasteiger partial charge in [-0.25, -0.2) is 0 Å². The van der Waals surface area contributed by atoms with Crippen molar-refractivity contribution in [3.8, 4) is 0 Å². The van der Waals surface area contributed by atoms with Gasteiger partial charge in [0.15, 0.2) is 0 Å². The minimum atomic E-state index is -0.309. The number of amides is 2. The average Bonchev–Trinajstić information content (AvgIpc) is 2.80. The number of hydrogen-bond acceptors (Lipinski definition) is 4. The van der Waals surface area contributed by atoms with Crippen molar-refractivity contribution >= 4 is 17.9 Å². The largest absolute Gasteiger partial charge is 0.379 e. The van der Waals surface area contributed by atoms with Crippen molar-refractivity contribution in [2.24, 2.45) is 0 Å². The van der Waals surface area contributed by atoms with Gasteiger partial charge in [-0.1, -0.05) is 54.1 Å². The van der Waals surface area contributed by atoms with Gasteiger partial charge in [-0.3, -0.25) is 14.5 Å². The standard InChI is InChI=1S/C26H31N3O3/c1-19-7-9-22(10-8-19)24(18-28-13-15-32-16-14-28)27-26(31)17-25-23-6-4-3-5-21(23)11-12-29(25)20(2)30/h3-12,24-25H,13-18H2,1-2H3,(H,27,31). The second kappa shape index (κ2) is 10.1. The number of rotatable bonds is 6. The number of ether oxygens (including phenoxy) is 1. The topological polar surface area (TPSA) is 61.9 Å². The molecule has 168 valence electrons. The maximum Gasteiger partial charge on any atom is 0.223 e. The van der Waals surface area contributed by atoms with Crippen LogP contribution in [0.2, 0.25) is 0 Å². The van der Waals surface area contributed by atoms with Crippen LogP contribution in [0.5, 0.6) is 0 Å². The first kappa shape index (κ1) is 22.2. The number of carbonyl (C=O) groups excluding carboxylic acids is 2. The summed E-state index contributed by atoms with van der Waals surface area (Å²) in [7, 11) is 0. The number of aryl methyl sites for hydroxylation is 1. The number of fused-ring (bicyclic) bond motifs is 1. The molecule has 1 saturated heterocycles. The van der Waals surface area contributed by atoms with Crippen LogP contribution in [0.4, 0.5) is 0 Å². The van der Waals surface area contributed by atoms with Crippen LogP contribution in [-0.2, 0) is 14.3 Å². The smallest absolute Gasteiger partial charge is 0.223 e. The predicted octanol–water partition coefficient (Wildman–Crippen LogP) is 3.45. The number of benzene rings is 2. The van der Waals surface area contributed by atoms with Crippen molar-refractivity contribution in [2.45, 2.75) is 32.4 Å². The van der Waals surface area contributed by atoms with Crippen LogP contribution < -0.4 is 5.32 Å². The van der Waals surface area contributed by atoms with Gasteiger partial charge in [-0.05, 0) is 29.7 Å². The maximum atomic E-state index is 13.3. The van der Waals surface area contributed by atoms with Crippen molar-refractivity contribution in [3.63, 3.8) is 0 Å². The molecule has 2 aliphatic rings. The second-order valence-corrected chi connectivity index (χ2v) is 8.53.